The van der Waals surface area contributed by atoms with Crippen molar-refractivity contribution in [2.75, 3.05) is 19.3 Å². The summed E-state index contributed by atoms with van der Waals surface area (Å²) in [7, 11) is -3.16. The lowest BCUT2D eigenvalue weighted by atomic mass is 9.95. The Morgan fingerprint density at radius 2 is 1.84 bits per heavy atom. The number of piperidine rings is 1. The Morgan fingerprint density at radius 3 is 2.40 bits per heavy atom. The molecule has 2 aromatic rings. The molecule has 25 heavy (non-hydrogen) atoms. The van der Waals surface area contributed by atoms with Gasteiger partial charge in [-0.3, -0.25) is 9.88 Å². The van der Waals surface area contributed by atoms with Crippen LogP contribution in [-0.4, -0.2) is 43.7 Å². The molecule has 1 N–H and O–H groups in total. The van der Waals surface area contributed by atoms with E-state index < -0.39 is 10.0 Å². The van der Waals surface area contributed by atoms with E-state index in [9.17, 15) is 8.42 Å². The zero-order valence-corrected chi connectivity index (χ0v) is 15.7. The number of halogens is 1. The Bertz CT molecular complexity index is 789. The van der Waals surface area contributed by atoms with Crippen LogP contribution in [0.1, 0.15) is 30.0 Å². The maximum absolute atomic E-state index is 11.4. The first-order valence-electron chi connectivity index (χ1n) is 8.29. The van der Waals surface area contributed by atoms with Gasteiger partial charge >= 0.3 is 0 Å². The fraction of sp³-hybridized carbons (Fsp3) is 0.389. The van der Waals surface area contributed by atoms with Crippen molar-refractivity contribution in [1.29, 1.82) is 0 Å². The molecule has 0 aliphatic carbocycles. The molecule has 1 aliphatic heterocycles. The van der Waals surface area contributed by atoms with Crippen LogP contribution in [-0.2, 0) is 10.0 Å². The van der Waals surface area contributed by atoms with Crippen molar-refractivity contribution in [3.63, 3.8) is 0 Å². The lowest BCUT2D eigenvalue weighted by Gasteiger charge is -2.38. The van der Waals surface area contributed by atoms with Crippen LogP contribution in [0.25, 0.3) is 0 Å². The van der Waals surface area contributed by atoms with Crippen LogP contribution in [0.2, 0.25) is 5.02 Å². The van der Waals surface area contributed by atoms with Crippen LogP contribution in [0.5, 0.6) is 0 Å². The fourth-order valence-corrected chi connectivity index (χ4v) is 4.34. The first-order valence-corrected chi connectivity index (χ1v) is 10.6. The second-order valence-corrected chi connectivity index (χ2v) is 8.66. The van der Waals surface area contributed by atoms with Gasteiger partial charge in [-0.15, -0.1) is 0 Å². The van der Waals surface area contributed by atoms with Crippen LogP contribution in [0, 0.1) is 0 Å². The molecule has 0 amide bonds. The van der Waals surface area contributed by atoms with Crippen molar-refractivity contribution < 1.29 is 8.42 Å². The average molecular weight is 380 g/mol. The highest BCUT2D eigenvalue weighted by molar-refractivity contribution is 7.88. The number of hydrogen-bond donors (Lipinski definition) is 1. The molecule has 134 valence electrons. The fourth-order valence-electron chi connectivity index (χ4n) is 3.38. The molecule has 1 aromatic carbocycles. The number of aromatic nitrogens is 1. The number of hydrogen-bond acceptors (Lipinski definition) is 4. The molecule has 1 atom stereocenters. The molecule has 5 nitrogen and oxygen atoms in total. The summed E-state index contributed by atoms with van der Waals surface area (Å²) in [6.45, 7) is 1.63. The van der Waals surface area contributed by atoms with E-state index in [1.165, 1.54) is 6.26 Å². The van der Waals surface area contributed by atoms with E-state index in [1.807, 2.05) is 36.5 Å². The Balaban J connectivity index is 1.80. The monoisotopic (exact) mass is 379 g/mol. The van der Waals surface area contributed by atoms with Gasteiger partial charge in [0, 0.05) is 36.5 Å². The van der Waals surface area contributed by atoms with Gasteiger partial charge in [-0.2, -0.15) is 0 Å². The van der Waals surface area contributed by atoms with Crippen LogP contribution in [0.3, 0.4) is 0 Å². The third-order valence-electron chi connectivity index (χ3n) is 4.46. The largest absolute Gasteiger partial charge is 0.292 e. The van der Waals surface area contributed by atoms with Crippen LogP contribution in [0.15, 0.2) is 48.8 Å². The maximum Gasteiger partial charge on any atom is 0.208 e. The molecule has 1 saturated heterocycles. The molecule has 0 saturated carbocycles. The summed E-state index contributed by atoms with van der Waals surface area (Å²) >= 11 is 6.04. The molecule has 1 aliphatic rings. The first kappa shape index (κ1) is 18.3. The summed E-state index contributed by atoms with van der Waals surface area (Å²) in [4.78, 5) is 6.64. The molecule has 1 fully saturated rings. The van der Waals surface area contributed by atoms with E-state index in [-0.39, 0.29) is 12.1 Å². The van der Waals surface area contributed by atoms with E-state index >= 15 is 0 Å². The van der Waals surface area contributed by atoms with Crippen LogP contribution in [0.4, 0.5) is 0 Å². The summed E-state index contributed by atoms with van der Waals surface area (Å²) in [6.07, 6.45) is 6.45. The number of nitrogens with one attached hydrogen (secondary N) is 1. The first-order chi connectivity index (χ1) is 11.9. The maximum atomic E-state index is 11.4. The van der Waals surface area contributed by atoms with Crippen molar-refractivity contribution in [3.8, 4) is 0 Å². The zero-order valence-electron chi connectivity index (χ0n) is 14.1. The minimum absolute atomic E-state index is 0.00557. The Labute approximate surface area is 154 Å². The van der Waals surface area contributed by atoms with E-state index in [1.54, 1.807) is 6.20 Å². The lowest BCUT2D eigenvalue weighted by Crippen LogP contribution is -2.45. The number of sulfonamides is 1. The summed E-state index contributed by atoms with van der Waals surface area (Å²) in [5.74, 6) is 0. The standard InChI is InChI=1S/C18H22ClN3O2S/c1-25(23,24)21-17-8-11-22(12-9-17)18(15-3-2-10-20-13-15)14-4-6-16(19)7-5-14/h2-7,10,13,17-18,21H,8-9,11-12H2,1H3. The van der Waals surface area contributed by atoms with E-state index in [4.69, 9.17) is 11.6 Å². The minimum atomic E-state index is -3.16. The minimum Gasteiger partial charge on any atom is -0.292 e. The summed E-state index contributed by atoms with van der Waals surface area (Å²) in [6, 6.07) is 12.0. The molecule has 2 heterocycles. The van der Waals surface area contributed by atoms with Gasteiger partial charge in [-0.25, -0.2) is 13.1 Å². The van der Waals surface area contributed by atoms with Crippen molar-refractivity contribution in [2.24, 2.45) is 0 Å². The highest BCUT2D eigenvalue weighted by atomic mass is 35.5. The van der Waals surface area contributed by atoms with Gasteiger partial charge < -0.3 is 0 Å². The van der Waals surface area contributed by atoms with Gasteiger partial charge in [0.1, 0.15) is 0 Å². The Kier molecular flexibility index (Phi) is 5.74. The van der Waals surface area contributed by atoms with E-state index in [0.717, 1.165) is 37.1 Å². The topological polar surface area (TPSA) is 62.3 Å². The molecule has 3 rings (SSSR count). The summed E-state index contributed by atoms with van der Waals surface area (Å²) < 4.78 is 25.6. The van der Waals surface area contributed by atoms with Gasteiger partial charge in [0.2, 0.25) is 10.0 Å². The van der Waals surface area contributed by atoms with Crippen LogP contribution < -0.4 is 4.72 Å². The van der Waals surface area contributed by atoms with Gasteiger partial charge in [-0.1, -0.05) is 29.8 Å². The zero-order chi connectivity index (χ0) is 17.9. The van der Waals surface area contributed by atoms with E-state index in [0.29, 0.717) is 5.02 Å². The predicted octanol–water partition coefficient (Wildman–Crippen LogP) is 2.84. The van der Waals surface area contributed by atoms with Crippen molar-refractivity contribution in [1.82, 2.24) is 14.6 Å². The highest BCUT2D eigenvalue weighted by Gasteiger charge is 2.28. The molecule has 1 unspecified atom stereocenters. The molecule has 0 bridgehead atoms. The molecular formula is C18H22ClN3O2S. The van der Waals surface area contributed by atoms with Crippen molar-refractivity contribution >= 4 is 21.6 Å². The molecule has 0 radical (unpaired) electrons. The van der Waals surface area contributed by atoms with Gasteiger partial charge in [0.15, 0.2) is 0 Å². The van der Waals surface area contributed by atoms with Gasteiger partial charge in [0.25, 0.3) is 0 Å². The number of pyridine rings is 1. The molecule has 0 spiro atoms. The van der Waals surface area contributed by atoms with E-state index in [2.05, 4.69) is 20.7 Å². The Hall–Kier alpha value is -1.47. The lowest BCUT2D eigenvalue weighted by molar-refractivity contribution is 0.170. The quantitative estimate of drug-likeness (QED) is 0.867. The molecule has 1 aromatic heterocycles. The third-order valence-corrected chi connectivity index (χ3v) is 5.47. The second kappa shape index (κ2) is 7.83. The number of benzene rings is 1. The number of likely N-dealkylation sites (tertiary alicyclic amines) is 1. The van der Waals surface area contributed by atoms with Crippen molar-refractivity contribution in [2.45, 2.75) is 24.9 Å². The second-order valence-electron chi connectivity index (χ2n) is 6.44. The van der Waals surface area contributed by atoms with Gasteiger partial charge in [0.05, 0.1) is 12.3 Å². The average Bonchev–Trinajstić information content (AvgIpc) is 2.58. The normalized spacial score (nSPS) is 18.2. The number of rotatable bonds is 5. The highest BCUT2D eigenvalue weighted by Crippen LogP contribution is 2.31. The number of nitrogens with zero attached hydrogens (tertiary/aromatic N) is 2. The SMILES string of the molecule is CS(=O)(=O)NC1CCN(C(c2ccc(Cl)cc2)c2cccnc2)CC1. The smallest absolute Gasteiger partial charge is 0.208 e. The Morgan fingerprint density at radius 1 is 1.16 bits per heavy atom. The summed E-state index contributed by atoms with van der Waals surface area (Å²) in [5.41, 5.74) is 2.28. The molecule has 7 heteroatoms. The molecular weight excluding hydrogens is 358 g/mol. The summed E-state index contributed by atoms with van der Waals surface area (Å²) in [5, 5.41) is 0.713. The van der Waals surface area contributed by atoms with Gasteiger partial charge in [-0.05, 0) is 42.2 Å². The van der Waals surface area contributed by atoms with Crippen molar-refractivity contribution in [3.05, 3.63) is 64.9 Å². The third kappa shape index (κ3) is 5.01. The van der Waals surface area contributed by atoms with Crippen LogP contribution >= 0.6 is 11.6 Å². The predicted molar refractivity (Wildman–Crippen MR) is 100 cm³/mol.